The molecule has 0 bridgehead atoms. The molecule has 1 aromatic heterocycles. The molecule has 0 atom stereocenters. The molecule has 2 rings (SSSR count). The third kappa shape index (κ3) is 3.34. The number of nitrogens with zero attached hydrogens (tertiary/aromatic N) is 1. The zero-order chi connectivity index (χ0) is 15.4. The summed E-state index contributed by atoms with van der Waals surface area (Å²) in [6.07, 6.45) is 2.49. The fourth-order valence-corrected chi connectivity index (χ4v) is 1.88. The maximum absolute atomic E-state index is 14.0. The standard InChI is InChI=1S/C15H13F2NO3/c1-2-21-15(20)9-14(19)10-7-12(17)13(8-11(10)16)18-5-3-4-6-18/h3-8H,2,9H2,1H3. The van der Waals surface area contributed by atoms with Crippen LogP contribution < -0.4 is 0 Å². The molecule has 1 aromatic carbocycles. The number of aromatic nitrogens is 1. The van der Waals surface area contributed by atoms with E-state index in [2.05, 4.69) is 4.74 Å². The average Bonchev–Trinajstić information content (AvgIpc) is 2.94. The van der Waals surface area contributed by atoms with Gasteiger partial charge in [0.2, 0.25) is 0 Å². The lowest BCUT2D eigenvalue weighted by atomic mass is 10.1. The number of hydrogen-bond donors (Lipinski definition) is 0. The molecule has 0 aliphatic heterocycles. The van der Waals surface area contributed by atoms with Crippen molar-refractivity contribution in [3.8, 4) is 5.69 Å². The predicted molar refractivity (Wildman–Crippen MR) is 71.3 cm³/mol. The van der Waals surface area contributed by atoms with Crippen LogP contribution in [0.2, 0.25) is 0 Å². The predicted octanol–water partition coefficient (Wildman–Crippen LogP) is 2.89. The number of esters is 1. The van der Waals surface area contributed by atoms with E-state index in [4.69, 9.17) is 0 Å². The fourth-order valence-electron chi connectivity index (χ4n) is 1.88. The molecule has 0 spiro atoms. The van der Waals surface area contributed by atoms with E-state index in [9.17, 15) is 18.4 Å². The maximum Gasteiger partial charge on any atom is 0.313 e. The van der Waals surface area contributed by atoms with Gasteiger partial charge in [-0.25, -0.2) is 8.78 Å². The van der Waals surface area contributed by atoms with Gasteiger partial charge in [0.1, 0.15) is 18.1 Å². The number of carbonyl (C=O) groups excluding carboxylic acids is 2. The number of benzene rings is 1. The summed E-state index contributed by atoms with van der Waals surface area (Å²) in [5, 5.41) is 0. The second-order valence-corrected chi connectivity index (χ2v) is 4.28. The van der Waals surface area contributed by atoms with Crippen LogP contribution in [-0.4, -0.2) is 22.9 Å². The first-order valence-electron chi connectivity index (χ1n) is 6.34. The van der Waals surface area contributed by atoms with E-state index in [0.717, 1.165) is 12.1 Å². The van der Waals surface area contributed by atoms with Gasteiger partial charge in [-0.2, -0.15) is 0 Å². The lowest BCUT2D eigenvalue weighted by molar-refractivity contribution is -0.141. The molecule has 0 radical (unpaired) electrons. The molecular weight excluding hydrogens is 280 g/mol. The molecule has 0 N–H and O–H groups in total. The number of carbonyl (C=O) groups is 2. The normalized spacial score (nSPS) is 10.4. The number of hydrogen-bond acceptors (Lipinski definition) is 3. The van der Waals surface area contributed by atoms with Crippen LogP contribution in [0.15, 0.2) is 36.7 Å². The molecule has 6 heteroatoms. The van der Waals surface area contributed by atoms with Crippen LogP contribution in [-0.2, 0) is 9.53 Å². The third-order valence-corrected chi connectivity index (χ3v) is 2.83. The maximum atomic E-state index is 14.0. The molecule has 0 saturated heterocycles. The van der Waals surface area contributed by atoms with E-state index in [1.165, 1.54) is 4.57 Å². The number of Topliss-reactive ketones (excluding diaryl/α,β-unsaturated/α-hetero) is 1. The molecule has 1 heterocycles. The highest BCUT2D eigenvalue weighted by Gasteiger charge is 2.19. The number of ketones is 1. The minimum Gasteiger partial charge on any atom is -0.466 e. The third-order valence-electron chi connectivity index (χ3n) is 2.83. The highest BCUT2D eigenvalue weighted by molar-refractivity contribution is 6.06. The van der Waals surface area contributed by atoms with Crippen LogP contribution in [0.1, 0.15) is 23.7 Å². The summed E-state index contributed by atoms with van der Waals surface area (Å²) in [5.41, 5.74) is -0.471. The first-order chi connectivity index (χ1) is 10.0. The summed E-state index contributed by atoms with van der Waals surface area (Å²) in [4.78, 5) is 23.0. The summed E-state index contributed by atoms with van der Waals surface area (Å²) in [6, 6.07) is 5.05. The van der Waals surface area contributed by atoms with Crippen LogP contribution in [0.3, 0.4) is 0 Å². The van der Waals surface area contributed by atoms with Crippen molar-refractivity contribution in [2.45, 2.75) is 13.3 Å². The van der Waals surface area contributed by atoms with Crippen LogP contribution in [0.5, 0.6) is 0 Å². The van der Waals surface area contributed by atoms with Gasteiger partial charge in [0.25, 0.3) is 0 Å². The highest BCUT2D eigenvalue weighted by atomic mass is 19.1. The number of rotatable bonds is 5. The molecule has 0 fully saturated rings. The molecule has 0 aliphatic rings. The van der Waals surface area contributed by atoms with Crippen LogP contribution in [0, 0.1) is 11.6 Å². The molecule has 0 amide bonds. The van der Waals surface area contributed by atoms with Crippen molar-refractivity contribution in [3.63, 3.8) is 0 Å². The fraction of sp³-hybridized carbons (Fsp3) is 0.200. The lowest BCUT2D eigenvalue weighted by Gasteiger charge is -2.08. The topological polar surface area (TPSA) is 48.3 Å². The van der Waals surface area contributed by atoms with Gasteiger partial charge in [0.15, 0.2) is 5.78 Å². The second kappa shape index (κ2) is 6.30. The molecule has 0 aliphatic carbocycles. The molecule has 0 unspecified atom stereocenters. The van der Waals surface area contributed by atoms with Gasteiger partial charge in [-0.15, -0.1) is 0 Å². The monoisotopic (exact) mass is 293 g/mol. The second-order valence-electron chi connectivity index (χ2n) is 4.28. The van der Waals surface area contributed by atoms with Crippen molar-refractivity contribution in [1.82, 2.24) is 4.57 Å². The van der Waals surface area contributed by atoms with Gasteiger partial charge in [-0.1, -0.05) is 0 Å². The Labute approximate surface area is 120 Å². The summed E-state index contributed by atoms with van der Waals surface area (Å²) in [7, 11) is 0. The lowest BCUT2D eigenvalue weighted by Crippen LogP contribution is -2.13. The van der Waals surface area contributed by atoms with Crippen molar-refractivity contribution in [1.29, 1.82) is 0 Å². The number of ether oxygens (including phenoxy) is 1. The van der Waals surface area contributed by atoms with Gasteiger partial charge in [0.05, 0.1) is 17.9 Å². The van der Waals surface area contributed by atoms with Gasteiger partial charge in [-0.05, 0) is 25.1 Å². The van der Waals surface area contributed by atoms with Crippen molar-refractivity contribution in [2.24, 2.45) is 0 Å². The van der Waals surface area contributed by atoms with E-state index in [0.29, 0.717) is 0 Å². The van der Waals surface area contributed by atoms with Gasteiger partial charge < -0.3 is 9.30 Å². The van der Waals surface area contributed by atoms with Crippen molar-refractivity contribution >= 4 is 11.8 Å². The van der Waals surface area contributed by atoms with Crippen LogP contribution in [0.25, 0.3) is 5.69 Å². The van der Waals surface area contributed by atoms with E-state index >= 15 is 0 Å². The number of halogens is 2. The Morgan fingerprint density at radius 3 is 2.43 bits per heavy atom. The minimum atomic E-state index is -0.880. The molecule has 21 heavy (non-hydrogen) atoms. The Balaban J connectivity index is 2.28. The zero-order valence-electron chi connectivity index (χ0n) is 11.3. The average molecular weight is 293 g/mol. The molecule has 4 nitrogen and oxygen atoms in total. The summed E-state index contributed by atoms with van der Waals surface area (Å²) < 4.78 is 33.9. The van der Waals surface area contributed by atoms with E-state index < -0.39 is 35.4 Å². The molecular formula is C15H13F2NO3. The van der Waals surface area contributed by atoms with Gasteiger partial charge in [-0.3, -0.25) is 9.59 Å². The Bertz CT molecular complexity index is 666. The Morgan fingerprint density at radius 2 is 1.81 bits per heavy atom. The SMILES string of the molecule is CCOC(=O)CC(=O)c1cc(F)c(-n2cccc2)cc1F. The molecule has 0 saturated carbocycles. The summed E-state index contributed by atoms with van der Waals surface area (Å²) >= 11 is 0. The Morgan fingerprint density at radius 1 is 1.14 bits per heavy atom. The molecule has 2 aromatic rings. The largest absolute Gasteiger partial charge is 0.466 e. The van der Waals surface area contributed by atoms with E-state index in [1.54, 1.807) is 31.5 Å². The van der Waals surface area contributed by atoms with Crippen LogP contribution >= 0.6 is 0 Å². The quantitative estimate of drug-likeness (QED) is 0.484. The van der Waals surface area contributed by atoms with Crippen molar-refractivity contribution in [3.05, 3.63) is 53.9 Å². The summed E-state index contributed by atoms with van der Waals surface area (Å²) in [6.45, 7) is 1.71. The smallest absolute Gasteiger partial charge is 0.313 e. The van der Waals surface area contributed by atoms with Crippen LogP contribution in [0.4, 0.5) is 8.78 Å². The van der Waals surface area contributed by atoms with E-state index in [1.807, 2.05) is 0 Å². The van der Waals surface area contributed by atoms with Gasteiger partial charge in [0, 0.05) is 18.5 Å². The Hall–Kier alpha value is -2.50. The zero-order valence-corrected chi connectivity index (χ0v) is 11.3. The molecule has 110 valence electrons. The van der Waals surface area contributed by atoms with Crippen molar-refractivity contribution < 1.29 is 23.1 Å². The first-order valence-corrected chi connectivity index (χ1v) is 6.34. The summed E-state index contributed by atoms with van der Waals surface area (Å²) in [5.74, 6) is -3.21. The van der Waals surface area contributed by atoms with Crippen molar-refractivity contribution in [2.75, 3.05) is 6.61 Å². The Kier molecular flexibility index (Phi) is 4.47. The van der Waals surface area contributed by atoms with Gasteiger partial charge >= 0.3 is 5.97 Å². The highest BCUT2D eigenvalue weighted by Crippen LogP contribution is 2.20. The minimum absolute atomic E-state index is 0.00909. The van der Waals surface area contributed by atoms with E-state index in [-0.39, 0.29) is 12.3 Å². The first kappa shape index (κ1) is 14.9.